The molecule has 28 heavy (non-hydrogen) atoms. The van der Waals surface area contributed by atoms with Crippen molar-refractivity contribution in [1.29, 1.82) is 0 Å². The Labute approximate surface area is 167 Å². The third kappa shape index (κ3) is 4.09. The number of carbonyl (C=O) groups excluding carboxylic acids is 3. The van der Waals surface area contributed by atoms with Crippen LogP contribution in [-0.4, -0.2) is 17.7 Å². The molecular formula is C21H23N3O3S. The molecule has 0 bridgehead atoms. The summed E-state index contributed by atoms with van der Waals surface area (Å²) in [6, 6.07) is 9.64. The Hall–Kier alpha value is -2.67. The Kier molecular flexibility index (Phi) is 5.43. The van der Waals surface area contributed by atoms with Crippen molar-refractivity contribution >= 4 is 34.7 Å². The number of benzene rings is 1. The monoisotopic (exact) mass is 397 g/mol. The summed E-state index contributed by atoms with van der Waals surface area (Å²) < 4.78 is 0. The highest BCUT2D eigenvalue weighted by molar-refractivity contribution is 7.14. The van der Waals surface area contributed by atoms with Gasteiger partial charge in [-0.25, -0.2) is 0 Å². The van der Waals surface area contributed by atoms with Crippen LogP contribution in [0.5, 0.6) is 0 Å². The molecule has 7 heteroatoms. The van der Waals surface area contributed by atoms with Crippen LogP contribution in [0.25, 0.3) is 0 Å². The van der Waals surface area contributed by atoms with Crippen LogP contribution < -0.4 is 16.2 Å². The van der Waals surface area contributed by atoms with E-state index in [0.717, 1.165) is 24.1 Å². The Morgan fingerprint density at radius 2 is 1.93 bits per heavy atom. The molecule has 0 saturated carbocycles. The Morgan fingerprint density at radius 3 is 2.79 bits per heavy atom. The standard InChI is InChI=1S/C21H23N3O3S/c25-19(10-9-15-11-13-5-1-3-7-16(13)22-20(15)26)23-24-21(27)18-12-14-6-2-4-8-17(14)28-18/h1,3,5,7,12,15H,2,4,6,8-11H2,(H,22,26)(H,23,25)(H,24,27). The lowest BCUT2D eigenvalue weighted by molar-refractivity contribution is -0.123. The van der Waals surface area contributed by atoms with Crippen LogP contribution in [0.4, 0.5) is 5.69 Å². The average Bonchev–Trinajstić information content (AvgIpc) is 3.15. The zero-order valence-electron chi connectivity index (χ0n) is 15.5. The van der Waals surface area contributed by atoms with Gasteiger partial charge in [-0.3, -0.25) is 25.2 Å². The molecule has 2 heterocycles. The van der Waals surface area contributed by atoms with Crippen molar-refractivity contribution in [2.24, 2.45) is 5.92 Å². The van der Waals surface area contributed by atoms with Crippen LogP contribution in [0.1, 0.15) is 51.4 Å². The molecule has 3 amide bonds. The van der Waals surface area contributed by atoms with Gasteiger partial charge < -0.3 is 5.32 Å². The van der Waals surface area contributed by atoms with Gasteiger partial charge in [0, 0.05) is 22.9 Å². The molecule has 0 radical (unpaired) electrons. The van der Waals surface area contributed by atoms with Crippen LogP contribution in [0.3, 0.4) is 0 Å². The summed E-state index contributed by atoms with van der Waals surface area (Å²) in [5.74, 6) is -0.863. The van der Waals surface area contributed by atoms with Crippen molar-refractivity contribution in [2.45, 2.75) is 44.9 Å². The molecule has 0 fully saturated rings. The maximum atomic E-state index is 12.3. The van der Waals surface area contributed by atoms with Crippen LogP contribution in [0, 0.1) is 5.92 Å². The minimum atomic E-state index is -0.290. The summed E-state index contributed by atoms with van der Waals surface area (Å²) in [6.07, 6.45) is 5.65. The fourth-order valence-corrected chi connectivity index (χ4v) is 4.95. The largest absolute Gasteiger partial charge is 0.326 e. The van der Waals surface area contributed by atoms with E-state index in [1.165, 1.54) is 34.6 Å². The first kappa shape index (κ1) is 18.7. The summed E-state index contributed by atoms with van der Waals surface area (Å²) in [4.78, 5) is 38.5. The Bertz CT molecular complexity index is 898. The van der Waals surface area contributed by atoms with Gasteiger partial charge in [-0.1, -0.05) is 18.2 Å². The van der Waals surface area contributed by atoms with Crippen molar-refractivity contribution < 1.29 is 14.4 Å². The maximum absolute atomic E-state index is 12.3. The molecule has 4 rings (SSSR count). The van der Waals surface area contributed by atoms with E-state index in [9.17, 15) is 14.4 Å². The highest BCUT2D eigenvalue weighted by atomic mass is 32.1. The van der Waals surface area contributed by atoms with E-state index in [-0.39, 0.29) is 30.1 Å². The highest BCUT2D eigenvalue weighted by Gasteiger charge is 2.26. The Balaban J connectivity index is 1.25. The van der Waals surface area contributed by atoms with Crippen molar-refractivity contribution in [2.75, 3.05) is 5.32 Å². The van der Waals surface area contributed by atoms with Crippen molar-refractivity contribution in [3.05, 3.63) is 51.2 Å². The maximum Gasteiger partial charge on any atom is 0.279 e. The average molecular weight is 398 g/mol. The fourth-order valence-electron chi connectivity index (χ4n) is 3.80. The third-order valence-corrected chi connectivity index (χ3v) is 6.60. The number of aryl methyl sites for hydroxylation is 2. The number of thiophene rings is 1. The smallest absolute Gasteiger partial charge is 0.279 e. The minimum Gasteiger partial charge on any atom is -0.326 e. The number of carbonyl (C=O) groups is 3. The zero-order valence-corrected chi connectivity index (χ0v) is 16.4. The molecule has 0 spiro atoms. The van der Waals surface area contributed by atoms with Gasteiger partial charge in [-0.2, -0.15) is 0 Å². The first-order valence-corrected chi connectivity index (χ1v) is 10.5. The van der Waals surface area contributed by atoms with Crippen molar-refractivity contribution in [3.8, 4) is 0 Å². The number of amides is 3. The molecule has 1 aromatic carbocycles. The molecule has 146 valence electrons. The summed E-state index contributed by atoms with van der Waals surface area (Å²) in [7, 11) is 0. The summed E-state index contributed by atoms with van der Waals surface area (Å²) >= 11 is 1.51. The number of hydrazine groups is 1. The van der Waals surface area contributed by atoms with E-state index in [1.807, 2.05) is 30.3 Å². The van der Waals surface area contributed by atoms with Crippen LogP contribution >= 0.6 is 11.3 Å². The van der Waals surface area contributed by atoms with Gasteiger partial charge in [0.15, 0.2) is 0 Å². The summed E-state index contributed by atoms with van der Waals surface area (Å²) in [6.45, 7) is 0. The van der Waals surface area contributed by atoms with E-state index in [0.29, 0.717) is 17.7 Å². The van der Waals surface area contributed by atoms with Gasteiger partial charge in [0.05, 0.1) is 4.88 Å². The molecule has 1 aromatic heterocycles. The van der Waals surface area contributed by atoms with Crippen LogP contribution in [-0.2, 0) is 28.9 Å². The van der Waals surface area contributed by atoms with E-state index < -0.39 is 0 Å². The van der Waals surface area contributed by atoms with E-state index in [2.05, 4.69) is 16.2 Å². The van der Waals surface area contributed by atoms with Crippen LogP contribution in [0.2, 0.25) is 0 Å². The highest BCUT2D eigenvalue weighted by Crippen LogP contribution is 2.29. The van der Waals surface area contributed by atoms with Crippen molar-refractivity contribution in [3.63, 3.8) is 0 Å². The second-order valence-electron chi connectivity index (χ2n) is 7.35. The fraction of sp³-hybridized carbons (Fsp3) is 0.381. The summed E-state index contributed by atoms with van der Waals surface area (Å²) in [5, 5.41) is 2.89. The number of anilines is 1. The number of hydrogen-bond donors (Lipinski definition) is 3. The van der Waals surface area contributed by atoms with Gasteiger partial charge in [0.25, 0.3) is 5.91 Å². The van der Waals surface area contributed by atoms with Crippen molar-refractivity contribution in [1.82, 2.24) is 10.9 Å². The molecule has 3 N–H and O–H groups in total. The van der Waals surface area contributed by atoms with E-state index in [4.69, 9.17) is 0 Å². The van der Waals surface area contributed by atoms with Gasteiger partial charge >= 0.3 is 0 Å². The minimum absolute atomic E-state index is 0.0558. The second-order valence-corrected chi connectivity index (χ2v) is 8.49. The third-order valence-electron chi connectivity index (χ3n) is 5.37. The van der Waals surface area contributed by atoms with E-state index >= 15 is 0 Å². The molecule has 2 aromatic rings. The molecule has 1 unspecified atom stereocenters. The normalized spacial score (nSPS) is 17.9. The van der Waals surface area contributed by atoms with Gasteiger partial charge in [0.1, 0.15) is 0 Å². The molecule has 1 atom stereocenters. The van der Waals surface area contributed by atoms with Crippen LogP contribution in [0.15, 0.2) is 30.3 Å². The second kappa shape index (κ2) is 8.14. The first-order chi connectivity index (χ1) is 13.6. The number of nitrogens with one attached hydrogen (secondary N) is 3. The lowest BCUT2D eigenvalue weighted by Gasteiger charge is -2.24. The number of hydrogen-bond acceptors (Lipinski definition) is 4. The Morgan fingerprint density at radius 1 is 1.11 bits per heavy atom. The molecule has 1 aliphatic carbocycles. The predicted molar refractivity (Wildman–Crippen MR) is 108 cm³/mol. The molecule has 1 aliphatic heterocycles. The SMILES string of the molecule is O=C(CCC1Cc2ccccc2NC1=O)NNC(=O)c1cc2c(s1)CCCC2. The van der Waals surface area contributed by atoms with Gasteiger partial charge in [-0.05, 0) is 61.8 Å². The van der Waals surface area contributed by atoms with E-state index in [1.54, 1.807) is 0 Å². The number of rotatable bonds is 4. The molecule has 0 saturated heterocycles. The first-order valence-electron chi connectivity index (χ1n) is 9.69. The molecule has 2 aliphatic rings. The molecular weight excluding hydrogens is 374 g/mol. The number of fused-ring (bicyclic) bond motifs is 2. The number of para-hydroxylation sites is 1. The summed E-state index contributed by atoms with van der Waals surface area (Å²) in [5.41, 5.74) is 8.16. The lowest BCUT2D eigenvalue weighted by Crippen LogP contribution is -2.41. The lowest BCUT2D eigenvalue weighted by atomic mass is 9.89. The molecule has 6 nitrogen and oxygen atoms in total. The zero-order chi connectivity index (χ0) is 19.5. The predicted octanol–water partition coefficient (Wildman–Crippen LogP) is 2.98. The quantitative estimate of drug-likeness (QED) is 0.693. The van der Waals surface area contributed by atoms with Gasteiger partial charge in [0.2, 0.25) is 11.8 Å². The topological polar surface area (TPSA) is 87.3 Å². The van der Waals surface area contributed by atoms with Gasteiger partial charge in [-0.15, -0.1) is 11.3 Å².